The Labute approximate surface area is 121 Å². The van der Waals surface area contributed by atoms with Crippen molar-refractivity contribution in [2.24, 2.45) is 0 Å². The summed E-state index contributed by atoms with van der Waals surface area (Å²) in [6.45, 7) is 7.45. The van der Waals surface area contributed by atoms with Crippen molar-refractivity contribution in [3.05, 3.63) is 29.8 Å². The van der Waals surface area contributed by atoms with Crippen LogP contribution in [0.25, 0.3) is 0 Å². The van der Waals surface area contributed by atoms with E-state index in [2.05, 4.69) is 19.2 Å². The second-order valence-corrected chi connectivity index (χ2v) is 4.58. The van der Waals surface area contributed by atoms with Gasteiger partial charge < -0.3 is 14.8 Å². The van der Waals surface area contributed by atoms with Gasteiger partial charge in [-0.05, 0) is 44.0 Å². The molecule has 0 aliphatic carbocycles. The van der Waals surface area contributed by atoms with Crippen LogP contribution in [0.3, 0.4) is 0 Å². The lowest BCUT2D eigenvalue weighted by Gasteiger charge is -2.17. The molecular weight excluding hydrogens is 254 g/mol. The Bertz CT molecular complexity index is 389. The number of hydrogen-bond acceptors (Lipinski definition) is 4. The molecule has 0 fully saturated rings. The average molecular weight is 279 g/mol. The molecule has 0 aliphatic rings. The predicted octanol–water partition coefficient (Wildman–Crippen LogP) is 3.08. The Morgan fingerprint density at radius 3 is 2.45 bits per heavy atom. The van der Waals surface area contributed by atoms with E-state index < -0.39 is 0 Å². The van der Waals surface area contributed by atoms with Gasteiger partial charge in [-0.25, -0.2) is 4.79 Å². The molecule has 1 aromatic rings. The zero-order valence-electron chi connectivity index (χ0n) is 12.6. The summed E-state index contributed by atoms with van der Waals surface area (Å²) in [6, 6.07) is 8.23. The number of carbonyl (C=O) groups is 1. The van der Waals surface area contributed by atoms with Crippen LogP contribution in [-0.2, 0) is 9.53 Å². The van der Waals surface area contributed by atoms with Gasteiger partial charge in [0.15, 0.2) is 6.61 Å². The number of carbonyl (C=O) groups excluding carboxylic acids is 1. The number of benzene rings is 1. The first kappa shape index (κ1) is 16.5. The molecule has 20 heavy (non-hydrogen) atoms. The van der Waals surface area contributed by atoms with Crippen molar-refractivity contribution in [3.63, 3.8) is 0 Å². The van der Waals surface area contributed by atoms with E-state index in [0.29, 0.717) is 18.4 Å². The van der Waals surface area contributed by atoms with E-state index in [9.17, 15) is 4.79 Å². The van der Waals surface area contributed by atoms with Crippen LogP contribution in [0.1, 0.15) is 45.2 Å². The van der Waals surface area contributed by atoms with Gasteiger partial charge in [0, 0.05) is 6.04 Å². The summed E-state index contributed by atoms with van der Waals surface area (Å²) in [5.74, 6) is 0.347. The van der Waals surface area contributed by atoms with Crippen LogP contribution in [0.4, 0.5) is 0 Å². The minimum atomic E-state index is -0.340. The normalized spacial score (nSPS) is 11.9. The Morgan fingerprint density at radius 2 is 1.90 bits per heavy atom. The number of rotatable bonds is 9. The predicted molar refractivity (Wildman–Crippen MR) is 79.9 cm³/mol. The first-order valence-electron chi connectivity index (χ1n) is 7.33. The Kier molecular flexibility index (Phi) is 7.73. The van der Waals surface area contributed by atoms with Crippen molar-refractivity contribution in [1.82, 2.24) is 5.32 Å². The van der Waals surface area contributed by atoms with E-state index in [1.165, 1.54) is 5.56 Å². The van der Waals surface area contributed by atoms with Gasteiger partial charge in [0.1, 0.15) is 5.75 Å². The van der Waals surface area contributed by atoms with E-state index in [1.54, 1.807) is 6.92 Å². The molecule has 1 atom stereocenters. The summed E-state index contributed by atoms with van der Waals surface area (Å²) in [5.41, 5.74) is 1.24. The summed E-state index contributed by atoms with van der Waals surface area (Å²) in [4.78, 5) is 11.2. The van der Waals surface area contributed by atoms with Crippen molar-refractivity contribution < 1.29 is 14.3 Å². The molecule has 1 aromatic carbocycles. The van der Waals surface area contributed by atoms with Crippen molar-refractivity contribution >= 4 is 5.97 Å². The van der Waals surface area contributed by atoms with Gasteiger partial charge in [-0.2, -0.15) is 0 Å². The van der Waals surface area contributed by atoms with Gasteiger partial charge in [0.25, 0.3) is 0 Å². The summed E-state index contributed by atoms with van der Waals surface area (Å²) >= 11 is 0. The molecule has 112 valence electrons. The van der Waals surface area contributed by atoms with Crippen LogP contribution in [0.15, 0.2) is 24.3 Å². The van der Waals surface area contributed by atoms with Gasteiger partial charge in [0.05, 0.1) is 6.61 Å². The summed E-state index contributed by atoms with van der Waals surface area (Å²) in [5, 5.41) is 3.51. The molecule has 1 N–H and O–H groups in total. The maximum absolute atomic E-state index is 11.2. The van der Waals surface area contributed by atoms with Crippen LogP contribution in [0, 0.1) is 0 Å². The maximum Gasteiger partial charge on any atom is 0.344 e. The number of nitrogens with one attached hydrogen (secondary N) is 1. The molecule has 4 heteroatoms. The molecule has 0 spiro atoms. The van der Waals surface area contributed by atoms with Crippen LogP contribution < -0.4 is 10.1 Å². The fourth-order valence-corrected chi connectivity index (χ4v) is 1.96. The molecule has 0 aliphatic heterocycles. The summed E-state index contributed by atoms with van der Waals surface area (Å²) in [6.07, 6.45) is 2.17. The van der Waals surface area contributed by atoms with Crippen molar-refractivity contribution in [3.8, 4) is 5.75 Å². The highest BCUT2D eigenvalue weighted by atomic mass is 16.6. The Balaban J connectivity index is 2.52. The van der Waals surface area contributed by atoms with Crippen LogP contribution in [0.5, 0.6) is 5.75 Å². The van der Waals surface area contributed by atoms with Gasteiger partial charge >= 0.3 is 5.97 Å². The number of ether oxygens (including phenoxy) is 2. The van der Waals surface area contributed by atoms with Crippen molar-refractivity contribution in [1.29, 1.82) is 0 Å². The summed E-state index contributed by atoms with van der Waals surface area (Å²) in [7, 11) is 0. The number of hydrogen-bond donors (Lipinski definition) is 1. The van der Waals surface area contributed by atoms with Gasteiger partial charge in [-0.3, -0.25) is 0 Å². The molecule has 0 saturated heterocycles. The Morgan fingerprint density at radius 1 is 1.20 bits per heavy atom. The molecular formula is C16H25NO3. The van der Waals surface area contributed by atoms with E-state index >= 15 is 0 Å². The lowest BCUT2D eigenvalue weighted by molar-refractivity contribution is -0.145. The highest BCUT2D eigenvalue weighted by molar-refractivity contribution is 5.71. The van der Waals surface area contributed by atoms with Crippen molar-refractivity contribution in [2.45, 2.75) is 39.7 Å². The molecule has 0 amide bonds. The fraction of sp³-hybridized carbons (Fsp3) is 0.562. The van der Waals surface area contributed by atoms with Gasteiger partial charge in [0.2, 0.25) is 0 Å². The standard InChI is InChI=1S/C16H25NO3/c1-4-11-17-15(5-2)13-7-9-14(10-8-13)20-12-16(18)19-6-3/h7-10,15,17H,4-6,11-12H2,1-3H3. The topological polar surface area (TPSA) is 47.6 Å². The molecule has 0 bridgehead atoms. The van der Waals surface area contributed by atoms with Crippen LogP contribution in [0.2, 0.25) is 0 Å². The third-order valence-corrected chi connectivity index (χ3v) is 2.99. The second kappa shape index (κ2) is 9.37. The highest BCUT2D eigenvalue weighted by Crippen LogP contribution is 2.20. The van der Waals surface area contributed by atoms with E-state index in [0.717, 1.165) is 19.4 Å². The van der Waals surface area contributed by atoms with Crippen LogP contribution >= 0.6 is 0 Å². The van der Waals surface area contributed by atoms with Gasteiger partial charge in [-0.15, -0.1) is 0 Å². The van der Waals surface area contributed by atoms with Gasteiger partial charge in [-0.1, -0.05) is 26.0 Å². The fourth-order valence-electron chi connectivity index (χ4n) is 1.96. The summed E-state index contributed by atoms with van der Waals surface area (Å²) < 4.78 is 10.2. The molecule has 1 unspecified atom stereocenters. The first-order valence-corrected chi connectivity index (χ1v) is 7.33. The molecule has 0 radical (unpaired) electrons. The second-order valence-electron chi connectivity index (χ2n) is 4.58. The monoisotopic (exact) mass is 279 g/mol. The SMILES string of the molecule is CCCNC(CC)c1ccc(OCC(=O)OCC)cc1. The number of esters is 1. The van der Waals surface area contributed by atoms with Crippen molar-refractivity contribution in [2.75, 3.05) is 19.8 Å². The third-order valence-electron chi connectivity index (χ3n) is 2.99. The zero-order valence-corrected chi connectivity index (χ0v) is 12.6. The molecule has 4 nitrogen and oxygen atoms in total. The lowest BCUT2D eigenvalue weighted by Crippen LogP contribution is -2.21. The first-order chi connectivity index (χ1) is 9.71. The largest absolute Gasteiger partial charge is 0.482 e. The molecule has 0 saturated carbocycles. The van der Waals surface area contributed by atoms with E-state index in [-0.39, 0.29) is 12.6 Å². The maximum atomic E-state index is 11.2. The minimum Gasteiger partial charge on any atom is -0.482 e. The Hall–Kier alpha value is -1.55. The molecule has 0 aromatic heterocycles. The zero-order chi connectivity index (χ0) is 14.8. The highest BCUT2D eigenvalue weighted by Gasteiger charge is 2.08. The van der Waals surface area contributed by atoms with E-state index in [4.69, 9.17) is 9.47 Å². The molecule has 0 heterocycles. The average Bonchev–Trinajstić information content (AvgIpc) is 2.47. The molecule has 1 rings (SSSR count). The van der Waals surface area contributed by atoms with Crippen LogP contribution in [-0.4, -0.2) is 25.7 Å². The quantitative estimate of drug-likeness (QED) is 0.706. The minimum absolute atomic E-state index is 0.0432. The lowest BCUT2D eigenvalue weighted by atomic mass is 10.0. The smallest absolute Gasteiger partial charge is 0.344 e. The third kappa shape index (κ3) is 5.61. The van der Waals surface area contributed by atoms with E-state index in [1.807, 2.05) is 24.3 Å².